The highest BCUT2D eigenvalue weighted by Crippen LogP contribution is 2.24. The normalized spacial score (nSPS) is 12.7. The van der Waals surface area contributed by atoms with Crippen LogP contribution in [-0.2, 0) is 11.3 Å². The molecule has 0 atom stereocenters. The van der Waals surface area contributed by atoms with E-state index in [1.165, 1.54) is 0 Å². The Morgan fingerprint density at radius 3 is 2.22 bits per heavy atom. The first-order chi connectivity index (χ1) is 13.0. The maximum atomic E-state index is 12.5. The van der Waals surface area contributed by atoms with E-state index in [9.17, 15) is 19.2 Å². The van der Waals surface area contributed by atoms with E-state index in [0.29, 0.717) is 28.8 Å². The Balaban J connectivity index is 1.70. The van der Waals surface area contributed by atoms with Crippen LogP contribution in [0.1, 0.15) is 43.6 Å². The van der Waals surface area contributed by atoms with E-state index >= 15 is 0 Å². The predicted molar refractivity (Wildman–Crippen MR) is 98.1 cm³/mol. The smallest absolute Gasteiger partial charge is 0.261 e. The van der Waals surface area contributed by atoms with Gasteiger partial charge in [-0.05, 0) is 36.8 Å². The third-order valence-electron chi connectivity index (χ3n) is 4.19. The fourth-order valence-corrected chi connectivity index (χ4v) is 2.90. The van der Waals surface area contributed by atoms with Crippen molar-refractivity contribution in [3.8, 4) is 0 Å². The lowest BCUT2D eigenvalue weighted by Crippen LogP contribution is -2.36. The zero-order valence-electron chi connectivity index (χ0n) is 14.8. The average Bonchev–Trinajstić information content (AvgIpc) is 2.92. The molecule has 7 heteroatoms. The van der Waals surface area contributed by atoms with E-state index < -0.39 is 5.91 Å². The Bertz CT molecular complexity index is 888. The number of nitrogens with one attached hydrogen (secondary N) is 2. The molecule has 0 aliphatic carbocycles. The largest absolute Gasteiger partial charge is 0.355 e. The number of likely N-dealkylation sites (N-methyl/N-ethyl adjacent to an activating group) is 1. The van der Waals surface area contributed by atoms with Crippen molar-refractivity contribution in [3.63, 3.8) is 0 Å². The van der Waals surface area contributed by atoms with Crippen molar-refractivity contribution in [1.29, 1.82) is 0 Å². The van der Waals surface area contributed by atoms with Crippen LogP contribution in [0.4, 0.5) is 0 Å². The highest BCUT2D eigenvalue weighted by atomic mass is 16.2. The van der Waals surface area contributed by atoms with Gasteiger partial charge >= 0.3 is 0 Å². The predicted octanol–water partition coefficient (Wildman–Crippen LogP) is 1.35. The second-order valence-electron chi connectivity index (χ2n) is 6.08. The summed E-state index contributed by atoms with van der Waals surface area (Å²) in [4.78, 5) is 49.7. The van der Waals surface area contributed by atoms with Gasteiger partial charge in [-0.3, -0.25) is 24.1 Å². The molecule has 1 aliphatic heterocycles. The number of hydrogen-bond acceptors (Lipinski definition) is 4. The number of carbonyl (C=O) groups excluding carboxylic acids is 4. The first-order valence-electron chi connectivity index (χ1n) is 8.60. The van der Waals surface area contributed by atoms with E-state index in [-0.39, 0.29) is 30.8 Å². The van der Waals surface area contributed by atoms with Crippen LogP contribution in [0.3, 0.4) is 0 Å². The summed E-state index contributed by atoms with van der Waals surface area (Å²) < 4.78 is 0. The Labute approximate surface area is 156 Å². The summed E-state index contributed by atoms with van der Waals surface area (Å²) in [5.41, 5.74) is 1.78. The van der Waals surface area contributed by atoms with Gasteiger partial charge < -0.3 is 10.6 Å². The summed E-state index contributed by atoms with van der Waals surface area (Å²) in [6.07, 6.45) is 0. The van der Waals surface area contributed by atoms with Crippen molar-refractivity contribution in [2.24, 2.45) is 0 Å². The number of fused-ring (bicyclic) bond motifs is 1. The molecule has 4 amide bonds. The monoisotopic (exact) mass is 365 g/mol. The summed E-state index contributed by atoms with van der Waals surface area (Å²) in [6.45, 7) is 2.24. The van der Waals surface area contributed by atoms with Crippen molar-refractivity contribution in [2.45, 2.75) is 13.5 Å². The van der Waals surface area contributed by atoms with E-state index in [1.807, 2.05) is 0 Å². The molecule has 0 saturated carbocycles. The molecule has 2 N–H and O–H groups in total. The number of amides is 4. The molecule has 0 radical (unpaired) electrons. The van der Waals surface area contributed by atoms with Gasteiger partial charge in [0, 0.05) is 12.1 Å². The highest BCUT2D eigenvalue weighted by molar-refractivity contribution is 6.21. The molecule has 27 heavy (non-hydrogen) atoms. The first kappa shape index (κ1) is 18.3. The van der Waals surface area contributed by atoms with Crippen LogP contribution in [0.5, 0.6) is 0 Å². The van der Waals surface area contributed by atoms with Gasteiger partial charge in [-0.25, -0.2) is 0 Å². The first-order valence-corrected chi connectivity index (χ1v) is 8.60. The van der Waals surface area contributed by atoms with Crippen LogP contribution in [0.2, 0.25) is 0 Å². The van der Waals surface area contributed by atoms with Crippen molar-refractivity contribution in [1.82, 2.24) is 15.5 Å². The topological polar surface area (TPSA) is 95.6 Å². The summed E-state index contributed by atoms with van der Waals surface area (Å²) in [5.74, 6) is -1.36. The van der Waals surface area contributed by atoms with Crippen LogP contribution >= 0.6 is 0 Å². The van der Waals surface area contributed by atoms with Gasteiger partial charge in [0.05, 0.1) is 24.2 Å². The molecule has 1 heterocycles. The van der Waals surface area contributed by atoms with Crippen LogP contribution in [0.15, 0.2) is 48.5 Å². The Hall–Kier alpha value is -3.48. The van der Waals surface area contributed by atoms with Gasteiger partial charge in [0.2, 0.25) is 5.91 Å². The summed E-state index contributed by atoms with van der Waals surface area (Å²) in [7, 11) is 0. The molecular weight excluding hydrogens is 346 g/mol. The maximum Gasteiger partial charge on any atom is 0.261 e. The number of nitrogens with zero attached hydrogens (tertiary/aromatic N) is 1. The van der Waals surface area contributed by atoms with Crippen molar-refractivity contribution >= 4 is 23.6 Å². The van der Waals surface area contributed by atoms with Crippen LogP contribution in [0, 0.1) is 0 Å². The zero-order chi connectivity index (χ0) is 19.4. The lowest BCUT2D eigenvalue weighted by Gasteiger charge is -2.14. The van der Waals surface area contributed by atoms with E-state index in [0.717, 1.165) is 4.90 Å². The summed E-state index contributed by atoms with van der Waals surface area (Å²) in [6, 6.07) is 13.3. The Kier molecular flexibility index (Phi) is 5.30. The minimum absolute atomic E-state index is 0.0732. The quantitative estimate of drug-likeness (QED) is 0.756. The zero-order valence-corrected chi connectivity index (χ0v) is 14.8. The number of hydrogen-bond donors (Lipinski definition) is 2. The number of carbonyl (C=O) groups is 4. The van der Waals surface area contributed by atoms with Gasteiger partial charge in [0.25, 0.3) is 17.7 Å². The summed E-state index contributed by atoms with van der Waals surface area (Å²) >= 11 is 0. The molecule has 3 rings (SSSR count). The van der Waals surface area contributed by atoms with Gasteiger partial charge in [0.1, 0.15) is 0 Å². The van der Waals surface area contributed by atoms with E-state index in [4.69, 9.17) is 0 Å². The molecule has 0 saturated heterocycles. The maximum absolute atomic E-state index is 12.5. The SMILES string of the molecule is CCNC(=O)CNC(=O)c1cccc(CN2C(=O)c3ccccc3C2=O)c1. The van der Waals surface area contributed by atoms with Crippen LogP contribution in [-0.4, -0.2) is 41.6 Å². The minimum atomic E-state index is -0.398. The third-order valence-corrected chi connectivity index (χ3v) is 4.19. The van der Waals surface area contributed by atoms with Gasteiger partial charge in [-0.15, -0.1) is 0 Å². The molecule has 0 aromatic heterocycles. The van der Waals surface area contributed by atoms with Crippen LogP contribution < -0.4 is 10.6 Å². The van der Waals surface area contributed by atoms with E-state index in [1.54, 1.807) is 55.5 Å². The molecule has 0 fully saturated rings. The molecule has 7 nitrogen and oxygen atoms in total. The molecule has 2 aromatic carbocycles. The number of benzene rings is 2. The van der Waals surface area contributed by atoms with Crippen molar-refractivity contribution < 1.29 is 19.2 Å². The molecular formula is C20H19N3O4. The average molecular weight is 365 g/mol. The van der Waals surface area contributed by atoms with E-state index in [2.05, 4.69) is 10.6 Å². The third kappa shape index (κ3) is 3.87. The number of imide groups is 1. The van der Waals surface area contributed by atoms with Gasteiger partial charge in [-0.2, -0.15) is 0 Å². The highest BCUT2D eigenvalue weighted by Gasteiger charge is 2.34. The summed E-state index contributed by atoms with van der Waals surface area (Å²) in [5, 5.41) is 5.13. The Morgan fingerprint density at radius 2 is 1.59 bits per heavy atom. The fourth-order valence-electron chi connectivity index (χ4n) is 2.90. The minimum Gasteiger partial charge on any atom is -0.355 e. The van der Waals surface area contributed by atoms with Crippen molar-refractivity contribution in [2.75, 3.05) is 13.1 Å². The van der Waals surface area contributed by atoms with Gasteiger partial charge in [-0.1, -0.05) is 24.3 Å². The molecule has 2 aromatic rings. The van der Waals surface area contributed by atoms with Gasteiger partial charge in [0.15, 0.2) is 0 Å². The molecule has 1 aliphatic rings. The lowest BCUT2D eigenvalue weighted by atomic mass is 10.1. The Morgan fingerprint density at radius 1 is 0.926 bits per heavy atom. The molecule has 138 valence electrons. The second-order valence-corrected chi connectivity index (χ2v) is 6.08. The van der Waals surface area contributed by atoms with Crippen molar-refractivity contribution in [3.05, 3.63) is 70.8 Å². The molecule has 0 bridgehead atoms. The number of rotatable bonds is 6. The molecule has 0 spiro atoms. The molecule has 0 unspecified atom stereocenters. The standard InChI is InChI=1S/C20H19N3O4/c1-2-21-17(24)11-22-18(25)14-7-5-6-13(10-14)12-23-19(26)15-8-3-4-9-16(15)20(23)27/h3-10H,2,11-12H2,1H3,(H,21,24)(H,22,25). The van der Waals surface area contributed by atoms with Crippen LogP contribution in [0.25, 0.3) is 0 Å². The lowest BCUT2D eigenvalue weighted by molar-refractivity contribution is -0.120. The fraction of sp³-hybridized carbons (Fsp3) is 0.200. The second kappa shape index (κ2) is 7.82.